The monoisotopic (exact) mass is 383 g/mol. The average molecular weight is 383 g/mol. The number of aromatic nitrogens is 2. The van der Waals surface area contributed by atoms with Crippen molar-refractivity contribution >= 4 is 5.91 Å². The zero-order chi connectivity index (χ0) is 19.5. The van der Waals surface area contributed by atoms with Gasteiger partial charge in [0.05, 0.1) is 0 Å². The summed E-state index contributed by atoms with van der Waals surface area (Å²) in [4.78, 5) is 18.7. The molecule has 2 heterocycles. The second kappa shape index (κ2) is 7.88. The molecule has 7 heteroatoms. The van der Waals surface area contributed by atoms with Gasteiger partial charge in [0.15, 0.2) is 5.82 Å². The third-order valence-corrected chi connectivity index (χ3v) is 4.98. The Labute approximate surface area is 161 Å². The molecule has 1 saturated heterocycles. The SMILES string of the molecule is O=C(c1ccc(F)cc1)N1CCC(c2nc(Cc3ccc(F)cc3)no2)CC1. The molecular formula is C21H19F2N3O2. The lowest BCUT2D eigenvalue weighted by Gasteiger charge is -2.30. The number of likely N-dealkylation sites (tertiary alicyclic amines) is 1. The van der Waals surface area contributed by atoms with Crippen LogP contribution in [0.5, 0.6) is 0 Å². The zero-order valence-corrected chi connectivity index (χ0v) is 15.1. The van der Waals surface area contributed by atoms with Gasteiger partial charge in [-0.15, -0.1) is 0 Å². The van der Waals surface area contributed by atoms with E-state index in [0.717, 1.165) is 18.4 Å². The van der Waals surface area contributed by atoms with Crippen molar-refractivity contribution in [3.8, 4) is 0 Å². The van der Waals surface area contributed by atoms with E-state index >= 15 is 0 Å². The largest absolute Gasteiger partial charge is 0.339 e. The molecule has 0 N–H and O–H groups in total. The molecule has 1 aliphatic heterocycles. The van der Waals surface area contributed by atoms with Gasteiger partial charge in [0, 0.05) is 31.0 Å². The zero-order valence-electron chi connectivity index (χ0n) is 15.1. The number of benzene rings is 2. The first-order valence-corrected chi connectivity index (χ1v) is 9.20. The third kappa shape index (κ3) is 4.08. The summed E-state index contributed by atoms with van der Waals surface area (Å²) in [5.41, 5.74) is 1.40. The summed E-state index contributed by atoms with van der Waals surface area (Å²) in [5.74, 6) is 0.507. The van der Waals surface area contributed by atoms with Crippen molar-refractivity contribution in [3.63, 3.8) is 0 Å². The molecule has 0 atom stereocenters. The van der Waals surface area contributed by atoms with E-state index in [1.807, 2.05) is 0 Å². The summed E-state index contributed by atoms with van der Waals surface area (Å²) in [6, 6.07) is 11.8. The van der Waals surface area contributed by atoms with Gasteiger partial charge in [-0.2, -0.15) is 4.98 Å². The van der Waals surface area contributed by atoms with Crippen LogP contribution in [0, 0.1) is 11.6 Å². The van der Waals surface area contributed by atoms with Crippen LogP contribution in [-0.2, 0) is 6.42 Å². The summed E-state index contributed by atoms with van der Waals surface area (Å²) >= 11 is 0. The Morgan fingerprint density at radius 2 is 1.61 bits per heavy atom. The van der Waals surface area contributed by atoms with Gasteiger partial charge in [-0.3, -0.25) is 4.79 Å². The first kappa shape index (κ1) is 18.3. The fraction of sp³-hybridized carbons (Fsp3) is 0.286. The van der Waals surface area contributed by atoms with Crippen molar-refractivity contribution in [2.75, 3.05) is 13.1 Å². The Morgan fingerprint density at radius 3 is 2.25 bits per heavy atom. The second-order valence-corrected chi connectivity index (χ2v) is 6.93. The fourth-order valence-corrected chi connectivity index (χ4v) is 3.39. The molecule has 1 fully saturated rings. The van der Waals surface area contributed by atoms with Gasteiger partial charge in [-0.25, -0.2) is 8.78 Å². The summed E-state index contributed by atoms with van der Waals surface area (Å²) in [6.07, 6.45) is 1.93. The Bertz CT molecular complexity index is 947. The van der Waals surface area contributed by atoms with E-state index in [0.29, 0.717) is 36.8 Å². The van der Waals surface area contributed by atoms with Crippen LogP contribution >= 0.6 is 0 Å². The smallest absolute Gasteiger partial charge is 0.253 e. The first-order chi connectivity index (χ1) is 13.6. The molecule has 5 nitrogen and oxygen atoms in total. The fourth-order valence-electron chi connectivity index (χ4n) is 3.39. The lowest BCUT2D eigenvalue weighted by atomic mass is 9.96. The quantitative estimate of drug-likeness (QED) is 0.684. The minimum absolute atomic E-state index is 0.0963. The first-order valence-electron chi connectivity index (χ1n) is 9.20. The molecule has 3 aromatic rings. The van der Waals surface area contributed by atoms with E-state index in [1.54, 1.807) is 17.0 Å². The van der Waals surface area contributed by atoms with E-state index in [9.17, 15) is 13.6 Å². The van der Waals surface area contributed by atoms with Gasteiger partial charge < -0.3 is 9.42 Å². The van der Waals surface area contributed by atoms with E-state index in [4.69, 9.17) is 4.52 Å². The Hall–Kier alpha value is -3.09. The summed E-state index contributed by atoms with van der Waals surface area (Å²) < 4.78 is 31.4. The highest BCUT2D eigenvalue weighted by Gasteiger charge is 2.28. The van der Waals surface area contributed by atoms with Crippen LogP contribution in [0.3, 0.4) is 0 Å². The molecule has 144 valence electrons. The molecule has 1 aliphatic rings. The average Bonchev–Trinajstić information content (AvgIpc) is 3.18. The summed E-state index contributed by atoms with van der Waals surface area (Å²) in [6.45, 7) is 1.16. The molecule has 0 unspecified atom stereocenters. The number of halogens is 2. The van der Waals surface area contributed by atoms with Gasteiger partial charge in [-0.05, 0) is 54.8 Å². The normalized spacial score (nSPS) is 15.0. The van der Waals surface area contributed by atoms with E-state index in [2.05, 4.69) is 10.1 Å². The molecule has 2 aromatic carbocycles. The van der Waals surface area contributed by atoms with Crippen molar-refractivity contribution in [2.24, 2.45) is 0 Å². The molecule has 28 heavy (non-hydrogen) atoms. The minimum Gasteiger partial charge on any atom is -0.339 e. The van der Waals surface area contributed by atoms with Crippen molar-refractivity contribution in [2.45, 2.75) is 25.2 Å². The van der Waals surface area contributed by atoms with Gasteiger partial charge in [-0.1, -0.05) is 17.3 Å². The second-order valence-electron chi connectivity index (χ2n) is 6.93. The number of carbonyl (C=O) groups excluding carboxylic acids is 1. The molecule has 0 radical (unpaired) electrons. The number of carbonyl (C=O) groups is 1. The van der Waals surface area contributed by atoms with E-state index in [-0.39, 0.29) is 23.5 Å². The predicted molar refractivity (Wildman–Crippen MR) is 97.8 cm³/mol. The van der Waals surface area contributed by atoms with Crippen LogP contribution in [0.4, 0.5) is 8.78 Å². The van der Waals surface area contributed by atoms with E-state index in [1.165, 1.54) is 36.4 Å². The number of hydrogen-bond acceptors (Lipinski definition) is 4. The molecule has 0 bridgehead atoms. The Morgan fingerprint density at radius 1 is 1.00 bits per heavy atom. The van der Waals surface area contributed by atoms with Crippen LogP contribution in [-0.4, -0.2) is 34.0 Å². The molecule has 0 aliphatic carbocycles. The molecular weight excluding hydrogens is 364 g/mol. The Kier molecular flexibility index (Phi) is 5.14. The predicted octanol–water partition coefficient (Wildman–Crippen LogP) is 3.96. The third-order valence-electron chi connectivity index (χ3n) is 4.98. The molecule has 1 aromatic heterocycles. The van der Waals surface area contributed by atoms with Gasteiger partial charge in [0.2, 0.25) is 5.89 Å². The summed E-state index contributed by atoms with van der Waals surface area (Å²) in [5, 5.41) is 4.02. The van der Waals surface area contributed by atoms with Crippen LogP contribution in [0.15, 0.2) is 53.1 Å². The summed E-state index contributed by atoms with van der Waals surface area (Å²) in [7, 11) is 0. The number of rotatable bonds is 4. The number of hydrogen-bond donors (Lipinski definition) is 0. The highest BCUT2D eigenvalue weighted by atomic mass is 19.1. The maximum absolute atomic E-state index is 13.0. The molecule has 0 saturated carbocycles. The molecule has 0 spiro atoms. The lowest BCUT2D eigenvalue weighted by molar-refractivity contribution is 0.0704. The van der Waals surface area contributed by atoms with Crippen LogP contribution in [0.25, 0.3) is 0 Å². The highest BCUT2D eigenvalue weighted by Crippen LogP contribution is 2.28. The van der Waals surface area contributed by atoms with Crippen LogP contribution < -0.4 is 0 Å². The van der Waals surface area contributed by atoms with Crippen molar-refractivity contribution in [1.29, 1.82) is 0 Å². The van der Waals surface area contributed by atoms with E-state index < -0.39 is 0 Å². The number of amides is 1. The van der Waals surface area contributed by atoms with Gasteiger partial charge in [0.1, 0.15) is 11.6 Å². The molecule has 4 rings (SSSR count). The van der Waals surface area contributed by atoms with Crippen molar-refractivity contribution in [1.82, 2.24) is 15.0 Å². The lowest BCUT2D eigenvalue weighted by Crippen LogP contribution is -2.38. The minimum atomic E-state index is -0.358. The maximum atomic E-state index is 13.0. The number of nitrogens with zero attached hydrogens (tertiary/aromatic N) is 3. The standard InChI is InChI=1S/C21H19F2N3O2/c22-17-5-1-14(2-6-17)13-19-24-20(28-25-19)15-9-11-26(12-10-15)21(27)16-3-7-18(23)8-4-16/h1-8,15H,9-13H2. The maximum Gasteiger partial charge on any atom is 0.253 e. The van der Waals surface area contributed by atoms with Crippen molar-refractivity contribution < 1.29 is 18.1 Å². The number of piperidine rings is 1. The van der Waals surface area contributed by atoms with Crippen LogP contribution in [0.2, 0.25) is 0 Å². The highest BCUT2D eigenvalue weighted by molar-refractivity contribution is 5.94. The molecule has 1 amide bonds. The van der Waals surface area contributed by atoms with Gasteiger partial charge in [0.25, 0.3) is 5.91 Å². The topological polar surface area (TPSA) is 59.2 Å². The van der Waals surface area contributed by atoms with Gasteiger partial charge >= 0.3 is 0 Å². The van der Waals surface area contributed by atoms with Crippen molar-refractivity contribution in [3.05, 3.63) is 83.0 Å². The Balaban J connectivity index is 1.35. The van der Waals surface area contributed by atoms with Crippen LogP contribution in [0.1, 0.15) is 46.4 Å².